The topological polar surface area (TPSA) is 151 Å². The van der Waals surface area contributed by atoms with Crippen LogP contribution in [0.25, 0.3) is 0 Å². The lowest BCUT2D eigenvalue weighted by atomic mass is 9.93. The van der Waals surface area contributed by atoms with E-state index < -0.39 is 5.60 Å². The predicted octanol–water partition coefficient (Wildman–Crippen LogP) is 3.16. The number of likely N-dealkylation sites (tertiary alicyclic amines) is 1. The van der Waals surface area contributed by atoms with Gasteiger partial charge in [0.15, 0.2) is 11.6 Å². The van der Waals surface area contributed by atoms with Gasteiger partial charge in [0.1, 0.15) is 5.60 Å². The number of aromatic nitrogens is 2. The summed E-state index contributed by atoms with van der Waals surface area (Å²) < 4.78 is 10.8. The van der Waals surface area contributed by atoms with Crippen molar-refractivity contribution in [2.75, 3.05) is 26.2 Å². The van der Waals surface area contributed by atoms with Crippen LogP contribution in [0.2, 0.25) is 0 Å². The zero-order valence-corrected chi connectivity index (χ0v) is 22.1. The summed E-state index contributed by atoms with van der Waals surface area (Å²) in [5.41, 5.74) is 0.292. The van der Waals surface area contributed by atoms with E-state index in [9.17, 15) is 14.4 Å². The minimum atomic E-state index is -0.517. The molecule has 1 fully saturated rings. The molecule has 3 heterocycles. The average molecular weight is 526 g/mol. The number of nitrogens with zero attached hydrogens (tertiary/aromatic N) is 5. The van der Waals surface area contributed by atoms with Crippen LogP contribution in [0.4, 0.5) is 4.79 Å². The molecule has 1 unspecified atom stereocenters. The zero-order valence-electron chi connectivity index (χ0n) is 22.1. The molecule has 3 aliphatic rings. The molecule has 1 saturated heterocycles. The van der Waals surface area contributed by atoms with Crippen molar-refractivity contribution < 1.29 is 23.6 Å². The van der Waals surface area contributed by atoms with Crippen LogP contribution in [0.3, 0.4) is 0 Å². The van der Waals surface area contributed by atoms with Gasteiger partial charge in [0.25, 0.3) is 5.91 Å². The van der Waals surface area contributed by atoms with Crippen LogP contribution in [0.1, 0.15) is 64.1 Å². The van der Waals surface area contributed by atoms with E-state index in [1.54, 1.807) is 11.0 Å². The quantitative estimate of drug-likeness (QED) is 0.467. The number of rotatable bonds is 9. The molecule has 204 valence electrons. The van der Waals surface area contributed by atoms with Gasteiger partial charge in [0, 0.05) is 50.5 Å². The maximum Gasteiger partial charge on any atom is 0.410 e. The summed E-state index contributed by atoms with van der Waals surface area (Å²) >= 11 is 0. The van der Waals surface area contributed by atoms with Gasteiger partial charge in [-0.1, -0.05) is 29.5 Å². The number of carbonyl (C=O) groups excluding carboxylic acids is 3. The Kier molecular flexibility index (Phi) is 8.70. The molecule has 1 aromatic rings. The number of fused-ring (bicyclic) bond motifs is 1. The number of azo groups is 1. The van der Waals surface area contributed by atoms with Crippen LogP contribution in [0.5, 0.6) is 0 Å². The van der Waals surface area contributed by atoms with Crippen LogP contribution < -0.4 is 10.6 Å². The fraction of sp³-hybridized carbons (Fsp3) is 0.577. The van der Waals surface area contributed by atoms with Crippen molar-refractivity contribution >= 4 is 17.9 Å². The molecule has 2 N–H and O–H groups in total. The summed E-state index contributed by atoms with van der Waals surface area (Å²) in [5.74, 6) is 1.01. The molecular formula is C26H35N7O5. The number of amides is 3. The van der Waals surface area contributed by atoms with Crippen LogP contribution >= 0.6 is 0 Å². The van der Waals surface area contributed by atoms with Gasteiger partial charge < -0.3 is 24.8 Å². The lowest BCUT2D eigenvalue weighted by Gasteiger charge is -2.32. The highest BCUT2D eigenvalue weighted by atomic mass is 16.6. The third-order valence-corrected chi connectivity index (χ3v) is 6.34. The van der Waals surface area contributed by atoms with Gasteiger partial charge in [0.05, 0.1) is 5.92 Å². The molecule has 0 spiro atoms. The highest BCUT2D eigenvalue weighted by molar-refractivity contribution is 5.86. The van der Waals surface area contributed by atoms with Gasteiger partial charge in [-0.05, 0) is 40.0 Å². The molecule has 0 aromatic carbocycles. The first-order valence-corrected chi connectivity index (χ1v) is 13.1. The Morgan fingerprint density at radius 1 is 1.16 bits per heavy atom. The number of allylic oxidation sites excluding steroid dienone is 3. The predicted molar refractivity (Wildman–Crippen MR) is 137 cm³/mol. The molecule has 0 bridgehead atoms. The molecule has 1 aliphatic carbocycles. The van der Waals surface area contributed by atoms with Crippen molar-refractivity contribution in [3.8, 4) is 0 Å². The number of piperidine rings is 1. The molecule has 12 nitrogen and oxygen atoms in total. The summed E-state index contributed by atoms with van der Waals surface area (Å²) in [4.78, 5) is 42.5. The maximum absolute atomic E-state index is 12.2. The van der Waals surface area contributed by atoms with Crippen molar-refractivity contribution in [3.63, 3.8) is 0 Å². The number of hydrogen-bond donors (Lipinski definition) is 2. The molecule has 0 saturated carbocycles. The fourth-order valence-corrected chi connectivity index (χ4v) is 4.35. The lowest BCUT2D eigenvalue weighted by molar-refractivity contribution is -0.121. The molecule has 1 atom stereocenters. The second-order valence-corrected chi connectivity index (χ2v) is 10.5. The number of ether oxygens (including phenoxy) is 1. The highest BCUT2D eigenvalue weighted by Crippen LogP contribution is 2.28. The summed E-state index contributed by atoms with van der Waals surface area (Å²) in [5, 5.41) is 17.9. The smallest absolute Gasteiger partial charge is 0.410 e. The second kappa shape index (κ2) is 12.1. The van der Waals surface area contributed by atoms with Crippen LogP contribution in [-0.4, -0.2) is 64.7 Å². The van der Waals surface area contributed by atoms with Gasteiger partial charge in [-0.15, -0.1) is 10.2 Å². The van der Waals surface area contributed by atoms with E-state index in [1.165, 1.54) is 0 Å². The van der Waals surface area contributed by atoms with E-state index in [-0.39, 0.29) is 36.2 Å². The van der Waals surface area contributed by atoms with E-state index in [0.29, 0.717) is 56.6 Å². The van der Waals surface area contributed by atoms with Gasteiger partial charge in [-0.25, -0.2) is 4.79 Å². The van der Waals surface area contributed by atoms with Gasteiger partial charge >= 0.3 is 6.09 Å². The largest absolute Gasteiger partial charge is 0.444 e. The number of hydrogen-bond acceptors (Lipinski definition) is 9. The second-order valence-electron chi connectivity index (χ2n) is 10.5. The highest BCUT2D eigenvalue weighted by Gasteiger charge is 2.30. The lowest BCUT2D eigenvalue weighted by Crippen LogP contribution is -2.41. The minimum absolute atomic E-state index is 0.0965. The fourth-order valence-electron chi connectivity index (χ4n) is 4.35. The van der Waals surface area contributed by atoms with Gasteiger partial charge in [-0.3, -0.25) is 9.59 Å². The third kappa shape index (κ3) is 7.36. The monoisotopic (exact) mass is 525 g/mol. The number of aryl methyl sites for hydroxylation is 1. The van der Waals surface area contributed by atoms with Crippen molar-refractivity contribution in [3.05, 3.63) is 47.4 Å². The van der Waals surface area contributed by atoms with Crippen molar-refractivity contribution in [1.82, 2.24) is 25.7 Å². The standard InChI is InChI=1S/C26H35N7O5/c1-26(2,3)37-25(36)33-15-11-17(12-16-33)22-29-21(38-32-22)10-9-20(34)27-13-6-14-28-23-18-7-4-5-8-19(18)24(35)31-30-23/h4-5,7-8,17,19,28H,6,9-16H2,1-3H3,(H,27,34). The van der Waals surface area contributed by atoms with E-state index >= 15 is 0 Å². The molecular weight excluding hydrogens is 490 g/mol. The summed E-state index contributed by atoms with van der Waals surface area (Å²) in [7, 11) is 0. The average Bonchev–Trinajstić information content (AvgIpc) is 3.37. The van der Waals surface area contributed by atoms with Crippen LogP contribution in [0.15, 0.2) is 50.4 Å². The van der Waals surface area contributed by atoms with Gasteiger partial charge in [-0.2, -0.15) is 4.98 Å². The number of nitrogens with one attached hydrogen (secondary N) is 2. The van der Waals surface area contributed by atoms with E-state index in [1.807, 2.05) is 39.0 Å². The van der Waals surface area contributed by atoms with Gasteiger partial charge in [0.2, 0.25) is 11.8 Å². The Morgan fingerprint density at radius 3 is 2.71 bits per heavy atom. The molecule has 1 aromatic heterocycles. The first kappa shape index (κ1) is 27.2. The van der Waals surface area contributed by atoms with Crippen LogP contribution in [0, 0.1) is 5.92 Å². The summed E-state index contributed by atoms with van der Waals surface area (Å²) in [6, 6.07) is 0. The Morgan fingerprint density at radius 2 is 1.95 bits per heavy atom. The van der Waals surface area contributed by atoms with Crippen molar-refractivity contribution in [1.29, 1.82) is 0 Å². The molecule has 2 aliphatic heterocycles. The normalized spacial score (nSPS) is 19.5. The minimum Gasteiger partial charge on any atom is -0.444 e. The Bertz CT molecular complexity index is 1150. The maximum atomic E-state index is 12.2. The Labute approximate surface area is 221 Å². The number of carbonyl (C=O) groups is 3. The molecule has 12 heteroatoms. The zero-order chi connectivity index (χ0) is 27.1. The SMILES string of the molecule is CC(C)(C)OC(=O)N1CCC(c2noc(CCC(=O)NCCCNC3=C4C=CC=CC4C(=O)N=N3)n2)CC1. The first-order valence-electron chi connectivity index (χ1n) is 13.1. The molecule has 3 amide bonds. The third-order valence-electron chi connectivity index (χ3n) is 6.34. The Hall–Kier alpha value is -3.83. The Balaban J connectivity index is 1.12. The van der Waals surface area contributed by atoms with Crippen LogP contribution in [-0.2, 0) is 20.7 Å². The first-order chi connectivity index (χ1) is 18.2. The van der Waals surface area contributed by atoms with E-state index in [0.717, 1.165) is 18.4 Å². The van der Waals surface area contributed by atoms with E-state index in [4.69, 9.17) is 9.26 Å². The van der Waals surface area contributed by atoms with E-state index in [2.05, 4.69) is 31.0 Å². The van der Waals surface area contributed by atoms with Crippen molar-refractivity contribution in [2.45, 2.75) is 64.4 Å². The molecule has 4 rings (SSSR count). The summed E-state index contributed by atoms with van der Waals surface area (Å²) in [6.07, 6.45) is 9.81. The summed E-state index contributed by atoms with van der Waals surface area (Å²) in [6.45, 7) is 7.79. The molecule has 0 radical (unpaired) electrons. The molecule has 38 heavy (non-hydrogen) atoms. The van der Waals surface area contributed by atoms with Crippen molar-refractivity contribution in [2.24, 2.45) is 16.1 Å².